The number of aliphatic carboxylic acids is 1. The highest BCUT2D eigenvalue weighted by Crippen LogP contribution is 2.44. The van der Waals surface area contributed by atoms with Gasteiger partial charge in [-0.25, -0.2) is 10.3 Å². The van der Waals surface area contributed by atoms with Gasteiger partial charge in [0.25, 0.3) is 5.91 Å². The number of hydrogen-bond donors (Lipinski definition) is 3. The summed E-state index contributed by atoms with van der Waals surface area (Å²) in [6.07, 6.45) is -1.50. The largest absolute Gasteiger partial charge is 0.481 e. The summed E-state index contributed by atoms with van der Waals surface area (Å²) in [5.41, 5.74) is 7.29. The first kappa shape index (κ1) is 23.0. The Hall–Kier alpha value is -4.17. The number of hydroxylamine groups is 1. The molecule has 0 saturated carbocycles. The Morgan fingerprint density at radius 3 is 2.06 bits per heavy atom. The summed E-state index contributed by atoms with van der Waals surface area (Å²) in [7, 11) is 0. The monoisotopic (exact) mass is 460 g/mol. The topological polar surface area (TPSA) is 114 Å². The van der Waals surface area contributed by atoms with Gasteiger partial charge in [0.15, 0.2) is 0 Å². The maximum absolute atomic E-state index is 12.5. The molecule has 8 nitrogen and oxygen atoms in total. The second-order valence-electron chi connectivity index (χ2n) is 7.86. The van der Waals surface area contributed by atoms with Crippen molar-refractivity contribution in [2.45, 2.75) is 25.0 Å². The Kier molecular flexibility index (Phi) is 7.19. The second kappa shape index (κ2) is 10.6. The fourth-order valence-corrected chi connectivity index (χ4v) is 4.00. The van der Waals surface area contributed by atoms with E-state index in [4.69, 9.17) is 14.7 Å². The van der Waals surface area contributed by atoms with Crippen molar-refractivity contribution in [2.75, 3.05) is 6.61 Å². The van der Waals surface area contributed by atoms with Crippen LogP contribution in [-0.2, 0) is 25.8 Å². The summed E-state index contributed by atoms with van der Waals surface area (Å²) in [5, 5.41) is 11.5. The fraction of sp³-hybridized carbons (Fsp3) is 0.192. The number of carbonyl (C=O) groups is 3. The molecule has 0 bridgehead atoms. The van der Waals surface area contributed by atoms with Gasteiger partial charge in [0, 0.05) is 5.92 Å². The molecule has 2 amide bonds. The van der Waals surface area contributed by atoms with Crippen molar-refractivity contribution in [3.63, 3.8) is 0 Å². The average molecular weight is 460 g/mol. The first-order valence-electron chi connectivity index (χ1n) is 10.8. The van der Waals surface area contributed by atoms with Gasteiger partial charge in [0.2, 0.25) is 0 Å². The molecule has 1 atom stereocenters. The number of benzene rings is 3. The molecule has 1 aliphatic carbocycles. The molecule has 1 unspecified atom stereocenters. The normalized spacial score (nSPS) is 12.8. The van der Waals surface area contributed by atoms with Crippen LogP contribution < -0.4 is 10.8 Å². The number of carbonyl (C=O) groups excluding carboxylic acids is 2. The Labute approximate surface area is 196 Å². The van der Waals surface area contributed by atoms with Gasteiger partial charge >= 0.3 is 12.1 Å². The highest BCUT2D eigenvalue weighted by molar-refractivity contribution is 5.88. The van der Waals surface area contributed by atoms with Crippen molar-refractivity contribution >= 4 is 18.0 Å². The standard InChI is InChI=1S/C26H24N2O6/c29-24(30)14-23(25(31)28-34-15-17-8-2-1-3-9-17)27-26(32)33-16-22-20-12-6-4-10-18(20)19-11-5-7-13-21(19)22/h1-13,22-23H,14-16H2,(H,27,32)(H,28,31)(H,29,30). The minimum absolute atomic E-state index is 0.0474. The van der Waals surface area contributed by atoms with Gasteiger partial charge in [0.1, 0.15) is 12.6 Å². The van der Waals surface area contributed by atoms with Crippen LogP contribution in [0.1, 0.15) is 29.0 Å². The van der Waals surface area contributed by atoms with Crippen molar-refractivity contribution in [3.8, 4) is 11.1 Å². The summed E-state index contributed by atoms with van der Waals surface area (Å²) in [6, 6.07) is 23.6. The number of alkyl carbamates (subject to hydrolysis) is 1. The number of carboxylic acids is 1. The predicted octanol–water partition coefficient (Wildman–Crippen LogP) is 3.62. The van der Waals surface area contributed by atoms with Crippen LogP contribution in [0.3, 0.4) is 0 Å². The molecule has 4 rings (SSSR count). The summed E-state index contributed by atoms with van der Waals surface area (Å²) >= 11 is 0. The number of carboxylic acid groups (broad SMARTS) is 1. The molecule has 0 radical (unpaired) electrons. The van der Waals surface area contributed by atoms with Crippen LogP contribution in [0.15, 0.2) is 78.9 Å². The number of ether oxygens (including phenoxy) is 1. The molecule has 0 saturated heterocycles. The van der Waals surface area contributed by atoms with E-state index in [9.17, 15) is 14.4 Å². The maximum Gasteiger partial charge on any atom is 0.407 e. The molecule has 0 fully saturated rings. The van der Waals surface area contributed by atoms with Gasteiger partial charge in [-0.3, -0.25) is 14.4 Å². The SMILES string of the molecule is O=C(O)CC(NC(=O)OCC1c2ccccc2-c2ccccc21)C(=O)NOCc1ccccc1. The number of fused-ring (bicyclic) bond motifs is 3. The lowest BCUT2D eigenvalue weighted by Gasteiger charge is -2.18. The fourth-order valence-electron chi connectivity index (χ4n) is 4.00. The lowest BCUT2D eigenvalue weighted by molar-refractivity contribution is -0.143. The van der Waals surface area contributed by atoms with Gasteiger partial charge in [-0.05, 0) is 27.8 Å². The van der Waals surface area contributed by atoms with Crippen molar-refractivity contribution in [2.24, 2.45) is 0 Å². The summed E-state index contributed by atoms with van der Waals surface area (Å²) in [4.78, 5) is 41.3. The summed E-state index contributed by atoms with van der Waals surface area (Å²) in [6.45, 7) is 0.142. The smallest absolute Gasteiger partial charge is 0.407 e. The van der Waals surface area contributed by atoms with Crippen molar-refractivity contribution < 1.29 is 29.1 Å². The van der Waals surface area contributed by atoms with E-state index in [0.29, 0.717) is 0 Å². The van der Waals surface area contributed by atoms with Crippen LogP contribution in [0.5, 0.6) is 0 Å². The van der Waals surface area contributed by atoms with Crippen LogP contribution in [0, 0.1) is 0 Å². The maximum atomic E-state index is 12.5. The van der Waals surface area contributed by atoms with Gasteiger partial charge < -0.3 is 15.2 Å². The molecule has 34 heavy (non-hydrogen) atoms. The van der Waals surface area contributed by atoms with Crippen LogP contribution in [0.4, 0.5) is 4.79 Å². The molecule has 3 N–H and O–H groups in total. The molecule has 3 aromatic carbocycles. The molecule has 0 spiro atoms. The van der Waals surface area contributed by atoms with Crippen LogP contribution in [0.25, 0.3) is 11.1 Å². The molecule has 3 aromatic rings. The second-order valence-corrected chi connectivity index (χ2v) is 7.86. The third-order valence-corrected chi connectivity index (χ3v) is 5.59. The number of amides is 2. The van der Waals surface area contributed by atoms with E-state index in [1.54, 1.807) is 0 Å². The van der Waals surface area contributed by atoms with E-state index >= 15 is 0 Å². The van der Waals surface area contributed by atoms with E-state index in [0.717, 1.165) is 27.8 Å². The highest BCUT2D eigenvalue weighted by Gasteiger charge is 2.30. The third-order valence-electron chi connectivity index (χ3n) is 5.59. The quantitative estimate of drug-likeness (QED) is 0.421. The Morgan fingerprint density at radius 1 is 0.853 bits per heavy atom. The van der Waals surface area contributed by atoms with Crippen LogP contribution >= 0.6 is 0 Å². The van der Waals surface area contributed by atoms with E-state index in [-0.39, 0.29) is 19.1 Å². The third kappa shape index (κ3) is 5.41. The lowest BCUT2D eigenvalue weighted by atomic mass is 9.98. The zero-order chi connectivity index (χ0) is 23.9. The van der Waals surface area contributed by atoms with Gasteiger partial charge in [-0.2, -0.15) is 0 Å². The van der Waals surface area contributed by atoms with Crippen molar-refractivity contribution in [3.05, 3.63) is 95.6 Å². The molecule has 0 heterocycles. The Bertz CT molecular complexity index is 1140. The van der Waals surface area contributed by atoms with E-state index < -0.39 is 30.4 Å². The molecule has 0 aromatic heterocycles. The average Bonchev–Trinajstić information content (AvgIpc) is 3.16. The first-order chi connectivity index (χ1) is 16.5. The summed E-state index contributed by atoms with van der Waals surface area (Å²) < 4.78 is 5.41. The number of rotatable bonds is 9. The van der Waals surface area contributed by atoms with Crippen LogP contribution in [0.2, 0.25) is 0 Å². The Balaban J connectivity index is 1.35. The van der Waals surface area contributed by atoms with Crippen molar-refractivity contribution in [1.82, 2.24) is 10.8 Å². The zero-order valence-electron chi connectivity index (χ0n) is 18.3. The van der Waals surface area contributed by atoms with Gasteiger partial charge in [-0.1, -0.05) is 78.9 Å². The van der Waals surface area contributed by atoms with Gasteiger partial charge in [0.05, 0.1) is 13.0 Å². The highest BCUT2D eigenvalue weighted by atomic mass is 16.7. The molecule has 0 aliphatic heterocycles. The van der Waals surface area contributed by atoms with E-state index in [2.05, 4.69) is 10.8 Å². The number of nitrogens with one attached hydrogen (secondary N) is 2. The van der Waals surface area contributed by atoms with Crippen molar-refractivity contribution in [1.29, 1.82) is 0 Å². The molecule has 8 heteroatoms. The minimum atomic E-state index is -1.36. The zero-order valence-corrected chi connectivity index (χ0v) is 18.3. The predicted molar refractivity (Wildman–Crippen MR) is 124 cm³/mol. The van der Waals surface area contributed by atoms with Gasteiger partial charge in [-0.15, -0.1) is 0 Å². The minimum Gasteiger partial charge on any atom is -0.481 e. The Morgan fingerprint density at radius 2 is 1.44 bits per heavy atom. The molecule has 1 aliphatic rings. The van der Waals surface area contributed by atoms with E-state index in [1.807, 2.05) is 78.9 Å². The first-order valence-corrected chi connectivity index (χ1v) is 10.8. The lowest BCUT2D eigenvalue weighted by Crippen LogP contribution is -2.48. The number of hydrogen-bond acceptors (Lipinski definition) is 5. The van der Waals surface area contributed by atoms with E-state index in [1.165, 1.54) is 0 Å². The van der Waals surface area contributed by atoms with Crippen LogP contribution in [-0.4, -0.2) is 35.7 Å². The summed E-state index contributed by atoms with van der Waals surface area (Å²) in [5.74, 6) is -2.19. The molecular weight excluding hydrogens is 436 g/mol. The molecular formula is C26H24N2O6. The molecule has 174 valence electrons.